The first-order valence-corrected chi connectivity index (χ1v) is 6.95. The van der Waals surface area contributed by atoms with E-state index in [4.69, 9.17) is 10.3 Å². The Kier molecular flexibility index (Phi) is 4.38. The van der Waals surface area contributed by atoms with Gasteiger partial charge >= 0.3 is 6.18 Å². The summed E-state index contributed by atoms with van der Waals surface area (Å²) in [6, 6.07) is 2.80. The summed E-state index contributed by atoms with van der Waals surface area (Å²) in [7, 11) is 0. The molecule has 1 aromatic heterocycles. The maximum atomic E-state index is 12.8. The standard InChI is InChI=1S/C13H13BrF3N3O/c1-6(2)10(18)11-19-12(21-20-11)8-5-7(13(15,16)17)3-4-9(8)14/h3-6,10H,18H2,1-2H3. The average molecular weight is 364 g/mol. The van der Waals surface area contributed by atoms with Crippen molar-refractivity contribution in [1.29, 1.82) is 0 Å². The zero-order valence-electron chi connectivity index (χ0n) is 11.3. The summed E-state index contributed by atoms with van der Waals surface area (Å²) in [4.78, 5) is 4.09. The van der Waals surface area contributed by atoms with E-state index in [-0.39, 0.29) is 23.2 Å². The molecule has 1 atom stereocenters. The van der Waals surface area contributed by atoms with Crippen molar-refractivity contribution in [2.24, 2.45) is 11.7 Å². The number of aromatic nitrogens is 2. The largest absolute Gasteiger partial charge is 0.416 e. The molecule has 0 spiro atoms. The van der Waals surface area contributed by atoms with Crippen LogP contribution in [0, 0.1) is 5.92 Å². The van der Waals surface area contributed by atoms with Gasteiger partial charge in [-0.25, -0.2) is 0 Å². The lowest BCUT2D eigenvalue weighted by Gasteiger charge is -2.10. The van der Waals surface area contributed by atoms with Crippen LogP contribution in [0.5, 0.6) is 0 Å². The smallest absolute Gasteiger partial charge is 0.334 e. The van der Waals surface area contributed by atoms with Crippen molar-refractivity contribution in [3.05, 3.63) is 34.1 Å². The van der Waals surface area contributed by atoms with E-state index in [1.54, 1.807) is 0 Å². The van der Waals surface area contributed by atoms with E-state index in [0.29, 0.717) is 4.47 Å². The minimum absolute atomic E-state index is 0.000856. The quantitative estimate of drug-likeness (QED) is 0.888. The van der Waals surface area contributed by atoms with Crippen LogP contribution in [-0.4, -0.2) is 10.1 Å². The van der Waals surface area contributed by atoms with E-state index in [9.17, 15) is 13.2 Å². The van der Waals surface area contributed by atoms with Gasteiger partial charge < -0.3 is 10.3 Å². The van der Waals surface area contributed by atoms with E-state index in [1.165, 1.54) is 6.07 Å². The number of nitrogens with two attached hydrogens (primary N) is 1. The van der Waals surface area contributed by atoms with E-state index < -0.39 is 17.8 Å². The summed E-state index contributed by atoms with van der Waals surface area (Å²) >= 11 is 3.18. The third-order valence-corrected chi connectivity index (χ3v) is 3.67. The van der Waals surface area contributed by atoms with Gasteiger partial charge in [0.2, 0.25) is 0 Å². The molecule has 0 aliphatic heterocycles. The van der Waals surface area contributed by atoms with Gasteiger partial charge in [0.05, 0.1) is 17.2 Å². The van der Waals surface area contributed by atoms with Crippen molar-refractivity contribution >= 4 is 15.9 Å². The number of hydrogen-bond donors (Lipinski definition) is 1. The first-order chi connectivity index (χ1) is 9.70. The van der Waals surface area contributed by atoms with Gasteiger partial charge in [-0.05, 0) is 40.0 Å². The van der Waals surface area contributed by atoms with Crippen LogP contribution in [0.15, 0.2) is 27.2 Å². The molecule has 114 valence electrons. The highest BCUT2D eigenvalue weighted by Gasteiger charge is 2.31. The fourth-order valence-corrected chi connectivity index (χ4v) is 2.06. The van der Waals surface area contributed by atoms with Gasteiger partial charge in [0.1, 0.15) is 0 Å². The summed E-state index contributed by atoms with van der Waals surface area (Å²) in [5, 5.41) is 3.73. The fraction of sp³-hybridized carbons (Fsp3) is 0.385. The lowest BCUT2D eigenvalue weighted by Crippen LogP contribution is -2.18. The third-order valence-electron chi connectivity index (χ3n) is 2.98. The summed E-state index contributed by atoms with van der Waals surface area (Å²) in [6.07, 6.45) is -4.44. The zero-order chi connectivity index (χ0) is 15.8. The molecule has 0 saturated carbocycles. The molecule has 0 bridgehead atoms. The Morgan fingerprint density at radius 3 is 2.52 bits per heavy atom. The molecular weight excluding hydrogens is 351 g/mol. The first-order valence-electron chi connectivity index (χ1n) is 6.16. The van der Waals surface area contributed by atoms with Crippen molar-refractivity contribution in [3.8, 4) is 11.5 Å². The van der Waals surface area contributed by atoms with Crippen molar-refractivity contribution in [2.45, 2.75) is 26.1 Å². The molecule has 1 unspecified atom stereocenters. The highest BCUT2D eigenvalue weighted by Crippen LogP contribution is 2.35. The van der Waals surface area contributed by atoms with Crippen molar-refractivity contribution in [2.75, 3.05) is 0 Å². The monoisotopic (exact) mass is 363 g/mol. The molecule has 21 heavy (non-hydrogen) atoms. The lowest BCUT2D eigenvalue weighted by atomic mass is 10.1. The van der Waals surface area contributed by atoms with Crippen molar-refractivity contribution in [1.82, 2.24) is 10.1 Å². The number of halogens is 4. The van der Waals surface area contributed by atoms with Gasteiger partial charge in [0, 0.05) is 4.47 Å². The highest BCUT2D eigenvalue weighted by atomic mass is 79.9. The Bertz CT molecular complexity index is 640. The Hall–Kier alpha value is -1.41. The minimum atomic E-state index is -4.44. The molecule has 0 radical (unpaired) electrons. The van der Waals surface area contributed by atoms with Crippen LogP contribution in [0.4, 0.5) is 13.2 Å². The Morgan fingerprint density at radius 1 is 1.29 bits per heavy atom. The molecule has 0 amide bonds. The van der Waals surface area contributed by atoms with E-state index in [0.717, 1.165) is 12.1 Å². The van der Waals surface area contributed by atoms with Crippen LogP contribution in [0.2, 0.25) is 0 Å². The molecule has 8 heteroatoms. The summed E-state index contributed by atoms with van der Waals surface area (Å²) in [5.41, 5.74) is 5.29. The molecule has 4 nitrogen and oxygen atoms in total. The lowest BCUT2D eigenvalue weighted by molar-refractivity contribution is -0.137. The summed E-state index contributed by atoms with van der Waals surface area (Å²) in [5.74, 6) is 0.351. The number of nitrogens with zero attached hydrogens (tertiary/aromatic N) is 2. The van der Waals surface area contributed by atoms with Crippen molar-refractivity contribution < 1.29 is 17.7 Å². The van der Waals surface area contributed by atoms with Gasteiger partial charge in [0.15, 0.2) is 5.82 Å². The van der Waals surface area contributed by atoms with Gasteiger partial charge in [-0.1, -0.05) is 19.0 Å². The van der Waals surface area contributed by atoms with E-state index in [1.807, 2.05) is 13.8 Å². The van der Waals surface area contributed by atoms with Gasteiger partial charge in [0.25, 0.3) is 5.89 Å². The second kappa shape index (κ2) is 5.76. The molecule has 1 heterocycles. The molecule has 0 saturated heterocycles. The molecule has 1 aromatic carbocycles. The van der Waals surface area contributed by atoms with E-state index >= 15 is 0 Å². The Labute approximate surface area is 127 Å². The molecule has 2 aromatic rings. The van der Waals surface area contributed by atoms with Gasteiger partial charge in [-0.2, -0.15) is 18.2 Å². The average Bonchev–Trinajstić information content (AvgIpc) is 2.86. The number of rotatable bonds is 3. The topological polar surface area (TPSA) is 64.9 Å². The van der Waals surface area contributed by atoms with Crippen LogP contribution in [0.1, 0.15) is 31.3 Å². The molecular formula is C13H13BrF3N3O. The molecule has 2 rings (SSSR count). The maximum Gasteiger partial charge on any atom is 0.416 e. The third kappa shape index (κ3) is 3.44. The Morgan fingerprint density at radius 2 is 1.95 bits per heavy atom. The first kappa shape index (κ1) is 16.0. The van der Waals surface area contributed by atoms with Crippen LogP contribution < -0.4 is 5.73 Å². The SMILES string of the molecule is CC(C)C(N)c1noc(-c2cc(C(F)(F)F)ccc2Br)n1. The van der Waals surface area contributed by atoms with Crippen LogP contribution >= 0.6 is 15.9 Å². The van der Waals surface area contributed by atoms with Gasteiger partial charge in [-0.15, -0.1) is 0 Å². The van der Waals surface area contributed by atoms with Gasteiger partial charge in [-0.3, -0.25) is 0 Å². The van der Waals surface area contributed by atoms with Crippen LogP contribution in [0.3, 0.4) is 0 Å². The number of benzene rings is 1. The second-order valence-electron chi connectivity index (χ2n) is 4.92. The minimum Gasteiger partial charge on any atom is -0.334 e. The van der Waals surface area contributed by atoms with Crippen LogP contribution in [0.25, 0.3) is 11.5 Å². The normalized spacial score (nSPS) is 13.7. The van der Waals surface area contributed by atoms with Crippen molar-refractivity contribution in [3.63, 3.8) is 0 Å². The summed E-state index contributed by atoms with van der Waals surface area (Å²) in [6.45, 7) is 3.78. The predicted molar refractivity (Wildman–Crippen MR) is 74.2 cm³/mol. The number of hydrogen-bond acceptors (Lipinski definition) is 4. The maximum absolute atomic E-state index is 12.8. The fourth-order valence-electron chi connectivity index (χ4n) is 1.64. The second-order valence-corrected chi connectivity index (χ2v) is 5.77. The van der Waals surface area contributed by atoms with Crippen LogP contribution in [-0.2, 0) is 6.18 Å². The zero-order valence-corrected chi connectivity index (χ0v) is 12.9. The predicted octanol–water partition coefficient (Wildman–Crippen LogP) is 4.17. The van der Waals surface area contributed by atoms with E-state index in [2.05, 4.69) is 26.1 Å². The molecule has 2 N–H and O–H groups in total. The number of alkyl halides is 3. The molecule has 0 aliphatic rings. The Balaban J connectivity index is 2.43. The molecule has 0 fully saturated rings. The summed E-state index contributed by atoms with van der Waals surface area (Å²) < 4.78 is 43.7. The highest BCUT2D eigenvalue weighted by molar-refractivity contribution is 9.10. The molecule has 0 aliphatic carbocycles.